The van der Waals surface area contributed by atoms with Crippen LogP contribution in [0.1, 0.15) is 5.56 Å². The van der Waals surface area contributed by atoms with Crippen LogP contribution in [0.4, 0.5) is 10.1 Å². The number of ether oxygens (including phenoxy) is 2. The van der Waals surface area contributed by atoms with Gasteiger partial charge in [0.2, 0.25) is 5.88 Å². The smallest absolute Gasteiger partial charge is 0.299 e. The summed E-state index contributed by atoms with van der Waals surface area (Å²) in [5.41, 5.74) is 0.830. The first-order chi connectivity index (χ1) is 11.6. The molecule has 0 saturated carbocycles. The van der Waals surface area contributed by atoms with Crippen LogP contribution in [0.3, 0.4) is 0 Å². The Bertz CT molecular complexity index is 897. The highest BCUT2D eigenvalue weighted by atomic mass is 19.1. The van der Waals surface area contributed by atoms with E-state index < -0.39 is 4.92 Å². The van der Waals surface area contributed by atoms with Gasteiger partial charge in [-0.3, -0.25) is 10.1 Å². The van der Waals surface area contributed by atoms with Crippen molar-refractivity contribution >= 4 is 16.6 Å². The van der Waals surface area contributed by atoms with Crippen LogP contribution in [0.2, 0.25) is 0 Å². The van der Waals surface area contributed by atoms with Crippen molar-refractivity contribution in [2.45, 2.75) is 6.61 Å². The molecule has 0 amide bonds. The lowest BCUT2D eigenvalue weighted by molar-refractivity contribution is -0.383. The van der Waals surface area contributed by atoms with Crippen molar-refractivity contribution in [3.63, 3.8) is 0 Å². The summed E-state index contributed by atoms with van der Waals surface area (Å²) in [6, 6.07) is 12.2. The van der Waals surface area contributed by atoms with Gasteiger partial charge < -0.3 is 9.47 Å². The molecule has 24 heavy (non-hydrogen) atoms. The third kappa shape index (κ3) is 3.24. The largest absolute Gasteiger partial charge is 0.496 e. The minimum atomic E-state index is -0.512. The lowest BCUT2D eigenvalue weighted by Gasteiger charge is -2.08. The minimum Gasteiger partial charge on any atom is -0.496 e. The van der Waals surface area contributed by atoms with Gasteiger partial charge in [-0.1, -0.05) is 12.1 Å². The summed E-state index contributed by atoms with van der Waals surface area (Å²) in [7, 11) is 1.44. The third-order valence-corrected chi connectivity index (χ3v) is 3.45. The molecule has 6 nitrogen and oxygen atoms in total. The van der Waals surface area contributed by atoms with Crippen LogP contribution < -0.4 is 9.47 Å². The number of non-ortho nitro benzene ring substituents is 1. The van der Waals surface area contributed by atoms with Crippen LogP contribution in [0, 0.1) is 15.9 Å². The predicted octanol–water partition coefficient (Wildman–Crippen LogP) is 3.87. The van der Waals surface area contributed by atoms with Crippen molar-refractivity contribution in [1.82, 2.24) is 4.98 Å². The SMILES string of the molecule is COc1cc([N+](=O)[O-])c2nc(OCc3ccc(F)cc3)ccc2c1. The molecule has 0 bridgehead atoms. The molecule has 0 atom stereocenters. The Morgan fingerprint density at radius 1 is 1.17 bits per heavy atom. The number of nitro benzene ring substituents is 1. The molecule has 2 aromatic carbocycles. The molecule has 0 aliphatic rings. The zero-order valence-electron chi connectivity index (χ0n) is 12.7. The number of methoxy groups -OCH3 is 1. The number of aromatic nitrogens is 1. The Kier molecular flexibility index (Phi) is 4.24. The van der Waals surface area contributed by atoms with E-state index >= 15 is 0 Å². The topological polar surface area (TPSA) is 74.5 Å². The molecular formula is C17H13FN2O4. The summed E-state index contributed by atoms with van der Waals surface area (Å²) < 4.78 is 23.5. The van der Waals surface area contributed by atoms with Gasteiger partial charge >= 0.3 is 0 Å². The molecule has 0 aliphatic carbocycles. The summed E-state index contributed by atoms with van der Waals surface area (Å²) in [4.78, 5) is 14.9. The van der Waals surface area contributed by atoms with Gasteiger partial charge in [-0.15, -0.1) is 0 Å². The highest BCUT2D eigenvalue weighted by Gasteiger charge is 2.16. The van der Waals surface area contributed by atoms with E-state index in [9.17, 15) is 14.5 Å². The van der Waals surface area contributed by atoms with E-state index in [1.807, 2.05) is 0 Å². The number of rotatable bonds is 5. The van der Waals surface area contributed by atoms with Gasteiger partial charge in [0.25, 0.3) is 5.69 Å². The number of hydrogen-bond donors (Lipinski definition) is 0. The van der Waals surface area contributed by atoms with Crippen molar-refractivity contribution in [1.29, 1.82) is 0 Å². The van der Waals surface area contributed by atoms with Crippen LogP contribution in [-0.4, -0.2) is 17.0 Å². The molecule has 3 rings (SSSR count). The first kappa shape index (κ1) is 15.7. The molecule has 1 aromatic heterocycles. The Balaban J connectivity index is 1.91. The van der Waals surface area contributed by atoms with Gasteiger partial charge in [-0.25, -0.2) is 9.37 Å². The number of nitro groups is 1. The maximum absolute atomic E-state index is 12.9. The third-order valence-electron chi connectivity index (χ3n) is 3.45. The molecule has 7 heteroatoms. The molecule has 0 saturated heterocycles. The molecular weight excluding hydrogens is 315 g/mol. The molecule has 122 valence electrons. The molecule has 0 radical (unpaired) electrons. The van der Waals surface area contributed by atoms with Crippen molar-refractivity contribution in [3.05, 3.63) is 70.0 Å². The molecule has 0 spiro atoms. The fourth-order valence-corrected chi connectivity index (χ4v) is 2.25. The fourth-order valence-electron chi connectivity index (χ4n) is 2.25. The maximum atomic E-state index is 12.9. The van der Waals surface area contributed by atoms with Gasteiger partial charge in [0, 0.05) is 11.5 Å². The Morgan fingerprint density at radius 3 is 2.58 bits per heavy atom. The van der Waals surface area contributed by atoms with Crippen molar-refractivity contribution in [2.75, 3.05) is 7.11 Å². The summed E-state index contributed by atoms with van der Waals surface area (Å²) in [6.07, 6.45) is 0. The second-order valence-electron chi connectivity index (χ2n) is 5.04. The van der Waals surface area contributed by atoms with E-state index in [-0.39, 0.29) is 29.5 Å². The van der Waals surface area contributed by atoms with Crippen LogP contribution in [0.15, 0.2) is 48.5 Å². The lowest BCUT2D eigenvalue weighted by Crippen LogP contribution is -1.99. The van der Waals surface area contributed by atoms with Crippen molar-refractivity contribution in [2.24, 2.45) is 0 Å². The van der Waals surface area contributed by atoms with E-state index in [0.29, 0.717) is 11.1 Å². The van der Waals surface area contributed by atoms with Crippen molar-refractivity contribution in [3.8, 4) is 11.6 Å². The number of nitrogens with zero attached hydrogens (tertiary/aromatic N) is 2. The predicted molar refractivity (Wildman–Crippen MR) is 85.7 cm³/mol. The average molecular weight is 328 g/mol. The van der Waals surface area contributed by atoms with Gasteiger partial charge in [-0.05, 0) is 29.8 Å². The fraction of sp³-hybridized carbons (Fsp3) is 0.118. The number of benzene rings is 2. The van der Waals surface area contributed by atoms with Crippen LogP contribution in [-0.2, 0) is 6.61 Å². The molecule has 0 N–H and O–H groups in total. The maximum Gasteiger partial charge on any atom is 0.299 e. The van der Waals surface area contributed by atoms with E-state index in [0.717, 1.165) is 5.56 Å². The Labute approximate surface area is 136 Å². The summed E-state index contributed by atoms with van der Waals surface area (Å²) in [6.45, 7) is 0.183. The quantitative estimate of drug-likeness (QED) is 0.525. The van der Waals surface area contributed by atoms with Crippen LogP contribution >= 0.6 is 0 Å². The van der Waals surface area contributed by atoms with Gasteiger partial charge in [0.15, 0.2) is 5.52 Å². The van der Waals surface area contributed by atoms with E-state index in [4.69, 9.17) is 9.47 Å². The van der Waals surface area contributed by atoms with E-state index in [1.165, 1.54) is 25.3 Å². The molecule has 0 aliphatic heterocycles. The number of hydrogen-bond acceptors (Lipinski definition) is 5. The molecule has 0 unspecified atom stereocenters. The van der Waals surface area contributed by atoms with E-state index in [2.05, 4.69) is 4.98 Å². The minimum absolute atomic E-state index is 0.156. The second-order valence-corrected chi connectivity index (χ2v) is 5.04. The monoisotopic (exact) mass is 328 g/mol. The van der Waals surface area contributed by atoms with Gasteiger partial charge in [-0.2, -0.15) is 0 Å². The van der Waals surface area contributed by atoms with E-state index in [1.54, 1.807) is 30.3 Å². The lowest BCUT2D eigenvalue weighted by atomic mass is 10.2. The highest BCUT2D eigenvalue weighted by molar-refractivity contribution is 5.89. The standard InChI is InChI=1S/C17H13FN2O4/c1-23-14-8-12-4-7-16(19-17(12)15(9-14)20(21)22)24-10-11-2-5-13(18)6-3-11/h2-9H,10H2,1H3. The zero-order valence-corrected chi connectivity index (χ0v) is 12.7. The summed E-state index contributed by atoms with van der Waals surface area (Å²) >= 11 is 0. The highest BCUT2D eigenvalue weighted by Crippen LogP contribution is 2.31. The Hall–Kier alpha value is -3.22. The van der Waals surface area contributed by atoms with Crippen LogP contribution in [0.25, 0.3) is 10.9 Å². The normalized spacial score (nSPS) is 10.6. The Morgan fingerprint density at radius 2 is 1.92 bits per heavy atom. The average Bonchev–Trinajstić information content (AvgIpc) is 2.60. The summed E-state index contributed by atoms with van der Waals surface area (Å²) in [5.74, 6) is 0.309. The second kappa shape index (κ2) is 6.49. The number of fused-ring (bicyclic) bond motifs is 1. The van der Waals surface area contributed by atoms with Crippen molar-refractivity contribution < 1.29 is 18.8 Å². The molecule has 3 aromatic rings. The molecule has 1 heterocycles. The summed E-state index contributed by atoms with van der Waals surface area (Å²) in [5, 5.41) is 11.8. The number of pyridine rings is 1. The van der Waals surface area contributed by atoms with Gasteiger partial charge in [0.05, 0.1) is 18.1 Å². The van der Waals surface area contributed by atoms with Gasteiger partial charge in [0.1, 0.15) is 18.2 Å². The first-order valence-corrected chi connectivity index (χ1v) is 7.07. The number of halogens is 1. The van der Waals surface area contributed by atoms with Crippen LogP contribution in [0.5, 0.6) is 11.6 Å². The zero-order chi connectivity index (χ0) is 17.1. The molecule has 0 fully saturated rings. The first-order valence-electron chi connectivity index (χ1n) is 7.07.